The van der Waals surface area contributed by atoms with Crippen molar-refractivity contribution in [1.29, 1.82) is 0 Å². The summed E-state index contributed by atoms with van der Waals surface area (Å²) in [5.74, 6) is 2.01. The second-order valence-electron chi connectivity index (χ2n) is 8.84. The molecule has 1 aromatic heterocycles. The second-order valence-corrected chi connectivity index (χ2v) is 9.28. The highest BCUT2D eigenvalue weighted by Gasteiger charge is 2.33. The molecule has 3 aromatic rings. The van der Waals surface area contributed by atoms with Gasteiger partial charge in [-0.05, 0) is 54.4 Å². The van der Waals surface area contributed by atoms with Gasteiger partial charge in [-0.2, -0.15) is 5.10 Å². The Morgan fingerprint density at radius 3 is 2.71 bits per heavy atom. The number of nitrogens with zero attached hydrogens (tertiary/aromatic N) is 3. The van der Waals surface area contributed by atoms with Crippen LogP contribution in [0.3, 0.4) is 0 Å². The lowest BCUT2D eigenvalue weighted by atomic mass is 10.1. The molecule has 1 aliphatic heterocycles. The minimum atomic E-state index is -1.14. The molecule has 0 aliphatic carbocycles. The lowest BCUT2D eigenvalue weighted by molar-refractivity contribution is -0.0646. The van der Waals surface area contributed by atoms with E-state index in [1.807, 2.05) is 42.2 Å². The van der Waals surface area contributed by atoms with E-state index in [2.05, 4.69) is 10.00 Å². The van der Waals surface area contributed by atoms with Crippen molar-refractivity contribution in [2.24, 2.45) is 0 Å². The van der Waals surface area contributed by atoms with Gasteiger partial charge in [0.25, 0.3) is 0 Å². The van der Waals surface area contributed by atoms with Crippen molar-refractivity contribution in [1.82, 2.24) is 14.7 Å². The van der Waals surface area contributed by atoms with E-state index in [9.17, 15) is 5.11 Å². The van der Waals surface area contributed by atoms with E-state index in [0.717, 1.165) is 11.1 Å². The highest BCUT2D eigenvalue weighted by Crippen LogP contribution is 2.29. The number of aromatic nitrogens is 2. The zero-order chi connectivity index (χ0) is 24.7. The predicted octanol–water partition coefficient (Wildman–Crippen LogP) is 3.57. The molecule has 1 atom stereocenters. The maximum absolute atomic E-state index is 11.2. The van der Waals surface area contributed by atoms with E-state index in [1.54, 1.807) is 31.4 Å². The molecule has 0 spiro atoms. The van der Waals surface area contributed by atoms with Gasteiger partial charge >= 0.3 is 0 Å². The first-order valence-electron chi connectivity index (χ1n) is 11.6. The SMILES string of the molecule is COc1ccc(CN2CCOC[C@@](O)(COc3ccc(Cl)cc3)C2)cc1OCCn1cc(C)cn1. The number of hydrogen-bond acceptors (Lipinski definition) is 7. The van der Waals surface area contributed by atoms with Crippen LogP contribution >= 0.6 is 11.6 Å². The predicted molar refractivity (Wildman–Crippen MR) is 133 cm³/mol. The number of rotatable bonds is 10. The van der Waals surface area contributed by atoms with Crippen molar-refractivity contribution >= 4 is 11.6 Å². The summed E-state index contributed by atoms with van der Waals surface area (Å²) in [4.78, 5) is 2.16. The fourth-order valence-electron chi connectivity index (χ4n) is 4.00. The summed E-state index contributed by atoms with van der Waals surface area (Å²) in [6.07, 6.45) is 3.81. The minimum absolute atomic E-state index is 0.120. The topological polar surface area (TPSA) is 78.2 Å². The Labute approximate surface area is 210 Å². The first-order chi connectivity index (χ1) is 16.9. The Hall–Kier alpha value is -2.78. The lowest BCUT2D eigenvalue weighted by Gasteiger charge is -2.30. The van der Waals surface area contributed by atoms with E-state index in [1.165, 1.54) is 0 Å². The fourth-order valence-corrected chi connectivity index (χ4v) is 4.12. The minimum Gasteiger partial charge on any atom is -0.493 e. The highest BCUT2D eigenvalue weighted by molar-refractivity contribution is 6.30. The van der Waals surface area contributed by atoms with Crippen molar-refractivity contribution in [3.63, 3.8) is 0 Å². The Morgan fingerprint density at radius 2 is 1.97 bits per heavy atom. The smallest absolute Gasteiger partial charge is 0.161 e. The zero-order valence-corrected chi connectivity index (χ0v) is 20.9. The molecule has 0 saturated carbocycles. The molecule has 2 heterocycles. The number of aryl methyl sites for hydroxylation is 1. The molecule has 1 fully saturated rings. The van der Waals surface area contributed by atoms with Crippen molar-refractivity contribution in [3.8, 4) is 17.2 Å². The number of halogens is 1. The summed E-state index contributed by atoms with van der Waals surface area (Å²) in [5.41, 5.74) is 1.03. The van der Waals surface area contributed by atoms with E-state index in [0.29, 0.717) is 61.7 Å². The van der Waals surface area contributed by atoms with Gasteiger partial charge in [0, 0.05) is 30.9 Å². The monoisotopic (exact) mass is 501 g/mol. The molecule has 1 aliphatic rings. The van der Waals surface area contributed by atoms with Crippen molar-refractivity contribution < 1.29 is 24.1 Å². The molecule has 4 rings (SSSR count). The third kappa shape index (κ3) is 7.35. The van der Waals surface area contributed by atoms with Crippen molar-refractivity contribution in [2.75, 3.05) is 46.6 Å². The van der Waals surface area contributed by atoms with Gasteiger partial charge in [0.15, 0.2) is 11.5 Å². The summed E-state index contributed by atoms with van der Waals surface area (Å²) in [6, 6.07) is 13.0. The second kappa shape index (κ2) is 11.8. The number of aliphatic hydroxyl groups is 1. The normalized spacial score (nSPS) is 18.7. The molecule has 188 valence electrons. The van der Waals surface area contributed by atoms with Gasteiger partial charge in [0.2, 0.25) is 0 Å². The summed E-state index contributed by atoms with van der Waals surface area (Å²) in [7, 11) is 1.63. The van der Waals surface area contributed by atoms with Crippen LogP contribution in [0.5, 0.6) is 17.2 Å². The molecular formula is C26H32ClN3O5. The van der Waals surface area contributed by atoms with Crippen LogP contribution < -0.4 is 14.2 Å². The van der Waals surface area contributed by atoms with Crippen LogP contribution in [-0.2, 0) is 17.8 Å². The molecule has 2 aromatic carbocycles. The van der Waals surface area contributed by atoms with Crippen LogP contribution in [0.1, 0.15) is 11.1 Å². The Kier molecular flexibility index (Phi) is 8.51. The Bertz CT molecular complexity index is 1090. The first kappa shape index (κ1) is 25.3. The third-order valence-electron chi connectivity index (χ3n) is 5.74. The van der Waals surface area contributed by atoms with Gasteiger partial charge in [0.05, 0.1) is 33.1 Å². The van der Waals surface area contributed by atoms with Crippen LogP contribution in [0.4, 0.5) is 0 Å². The van der Waals surface area contributed by atoms with Crippen molar-refractivity contribution in [3.05, 3.63) is 71.0 Å². The molecule has 0 amide bonds. The fraction of sp³-hybridized carbons (Fsp3) is 0.423. The molecule has 35 heavy (non-hydrogen) atoms. The van der Waals surface area contributed by atoms with Crippen LogP contribution in [-0.4, -0.2) is 72.0 Å². The van der Waals surface area contributed by atoms with Crippen LogP contribution in [0.2, 0.25) is 5.02 Å². The Balaban J connectivity index is 1.37. The molecule has 0 unspecified atom stereocenters. The van der Waals surface area contributed by atoms with E-state index >= 15 is 0 Å². The summed E-state index contributed by atoms with van der Waals surface area (Å²) in [6.45, 7) is 5.74. The largest absolute Gasteiger partial charge is 0.493 e. The maximum Gasteiger partial charge on any atom is 0.161 e. The maximum atomic E-state index is 11.2. The quantitative estimate of drug-likeness (QED) is 0.455. The molecule has 0 radical (unpaired) electrons. The average molecular weight is 502 g/mol. The van der Waals surface area contributed by atoms with E-state index in [-0.39, 0.29) is 13.2 Å². The van der Waals surface area contributed by atoms with Gasteiger partial charge in [-0.1, -0.05) is 17.7 Å². The third-order valence-corrected chi connectivity index (χ3v) is 5.99. The highest BCUT2D eigenvalue weighted by atomic mass is 35.5. The number of benzene rings is 2. The molecule has 1 N–H and O–H groups in total. The molecule has 8 nitrogen and oxygen atoms in total. The van der Waals surface area contributed by atoms with Crippen LogP contribution in [0, 0.1) is 6.92 Å². The van der Waals surface area contributed by atoms with E-state index in [4.69, 9.17) is 30.5 Å². The van der Waals surface area contributed by atoms with E-state index < -0.39 is 5.60 Å². The number of methoxy groups -OCH3 is 1. The molecular weight excluding hydrogens is 470 g/mol. The average Bonchev–Trinajstić information content (AvgIpc) is 3.17. The molecule has 1 saturated heterocycles. The summed E-state index contributed by atoms with van der Waals surface area (Å²) in [5, 5.41) is 16.1. The standard InChI is InChI=1S/C26H32ClN3O5/c1-20-14-28-30(15-20)10-12-34-25-13-21(3-8-24(25)32-2)16-29-9-11-33-18-26(31,17-29)19-35-23-6-4-22(27)5-7-23/h3-8,13-15,31H,9-12,16-19H2,1-2H3/t26-/m1/s1. The number of β-amino-alcohol motifs (C(OH)–C–C–N with tert-alkyl or cyclic N) is 1. The van der Waals surface area contributed by atoms with Gasteiger partial charge in [-0.15, -0.1) is 0 Å². The van der Waals surface area contributed by atoms with Gasteiger partial charge in [-0.3, -0.25) is 9.58 Å². The lowest BCUT2D eigenvalue weighted by Crippen LogP contribution is -2.48. The molecule has 0 bridgehead atoms. The molecule has 9 heteroatoms. The zero-order valence-electron chi connectivity index (χ0n) is 20.2. The van der Waals surface area contributed by atoms with Crippen LogP contribution in [0.15, 0.2) is 54.9 Å². The van der Waals surface area contributed by atoms with Gasteiger partial charge in [-0.25, -0.2) is 0 Å². The first-order valence-corrected chi connectivity index (χ1v) is 12.0. The number of ether oxygens (including phenoxy) is 4. The Morgan fingerprint density at radius 1 is 1.14 bits per heavy atom. The summed E-state index contributed by atoms with van der Waals surface area (Å²) >= 11 is 5.94. The summed E-state index contributed by atoms with van der Waals surface area (Å²) < 4.78 is 24.9. The van der Waals surface area contributed by atoms with Crippen LogP contribution in [0.25, 0.3) is 0 Å². The number of hydrogen-bond donors (Lipinski definition) is 1. The van der Waals surface area contributed by atoms with Crippen molar-refractivity contribution in [2.45, 2.75) is 25.6 Å². The van der Waals surface area contributed by atoms with Gasteiger partial charge < -0.3 is 24.1 Å². The van der Waals surface area contributed by atoms with Gasteiger partial charge in [0.1, 0.15) is 24.6 Å².